The quantitative estimate of drug-likeness (QED) is 0.718. The van der Waals surface area contributed by atoms with E-state index in [4.69, 9.17) is 23.2 Å². The molecule has 1 aromatic carbocycles. The van der Waals surface area contributed by atoms with Crippen molar-refractivity contribution in [1.29, 1.82) is 0 Å². The van der Waals surface area contributed by atoms with Crippen molar-refractivity contribution in [2.75, 3.05) is 23.7 Å². The van der Waals surface area contributed by atoms with Gasteiger partial charge in [0.1, 0.15) is 6.54 Å². The van der Waals surface area contributed by atoms with Gasteiger partial charge in [0.15, 0.2) is 0 Å². The van der Waals surface area contributed by atoms with E-state index >= 15 is 0 Å². The molecule has 5 nitrogen and oxygen atoms in total. The Balaban J connectivity index is 2.87. The lowest BCUT2D eigenvalue weighted by Gasteiger charge is -2.23. The molecule has 1 N–H and O–H groups in total. The van der Waals surface area contributed by atoms with Crippen LogP contribution in [0.4, 0.5) is 5.69 Å². The minimum absolute atomic E-state index is 0.105. The molecule has 0 saturated heterocycles. The molecule has 0 atom stereocenters. The maximum atomic E-state index is 12.0. The van der Waals surface area contributed by atoms with E-state index in [-0.39, 0.29) is 28.2 Å². The summed E-state index contributed by atoms with van der Waals surface area (Å²) < 4.78 is 24.9. The van der Waals surface area contributed by atoms with E-state index in [1.54, 1.807) is 12.1 Å². The Hall–Kier alpha value is -0.980. The number of rotatable bonds is 8. The average molecular weight is 367 g/mol. The molecule has 1 aromatic rings. The summed E-state index contributed by atoms with van der Waals surface area (Å²) in [6.45, 7) is 2.26. The normalized spacial score (nSPS) is 11.3. The first kappa shape index (κ1) is 19.1. The molecule has 22 heavy (non-hydrogen) atoms. The van der Waals surface area contributed by atoms with Gasteiger partial charge in [0.2, 0.25) is 15.9 Å². The number of sulfonamides is 1. The second-order valence-electron chi connectivity index (χ2n) is 4.90. The summed E-state index contributed by atoms with van der Waals surface area (Å²) in [6.07, 6.45) is 3.94. The van der Waals surface area contributed by atoms with Crippen molar-refractivity contribution in [2.45, 2.75) is 26.2 Å². The first-order valence-electron chi connectivity index (χ1n) is 6.95. The van der Waals surface area contributed by atoms with E-state index in [1.807, 2.05) is 0 Å². The zero-order chi connectivity index (χ0) is 16.8. The van der Waals surface area contributed by atoms with Gasteiger partial charge in [-0.05, 0) is 18.6 Å². The molecule has 0 aliphatic carbocycles. The molecule has 0 aromatic heterocycles. The van der Waals surface area contributed by atoms with Crippen molar-refractivity contribution in [2.24, 2.45) is 0 Å². The number of amides is 1. The number of halogens is 2. The van der Waals surface area contributed by atoms with Crippen LogP contribution < -0.4 is 9.62 Å². The fraction of sp³-hybridized carbons (Fsp3) is 0.500. The third kappa shape index (κ3) is 5.66. The Labute approximate surface area is 141 Å². The maximum absolute atomic E-state index is 12.0. The second-order valence-corrected chi connectivity index (χ2v) is 7.59. The zero-order valence-corrected chi connectivity index (χ0v) is 14.9. The highest BCUT2D eigenvalue weighted by atomic mass is 35.5. The summed E-state index contributed by atoms with van der Waals surface area (Å²) in [6, 6.07) is 4.65. The molecular weight excluding hydrogens is 347 g/mol. The van der Waals surface area contributed by atoms with Crippen LogP contribution >= 0.6 is 23.2 Å². The molecule has 8 heteroatoms. The van der Waals surface area contributed by atoms with Crippen molar-refractivity contribution in [3.8, 4) is 0 Å². The lowest BCUT2D eigenvalue weighted by Crippen LogP contribution is -2.40. The monoisotopic (exact) mass is 366 g/mol. The summed E-state index contributed by atoms with van der Waals surface area (Å²) in [4.78, 5) is 11.9. The van der Waals surface area contributed by atoms with Gasteiger partial charge >= 0.3 is 0 Å². The number of nitrogens with zero attached hydrogens (tertiary/aromatic N) is 1. The van der Waals surface area contributed by atoms with Crippen LogP contribution in [0.15, 0.2) is 18.2 Å². The van der Waals surface area contributed by atoms with E-state index in [2.05, 4.69) is 12.2 Å². The van der Waals surface area contributed by atoms with Gasteiger partial charge in [-0.2, -0.15) is 0 Å². The number of unbranched alkanes of at least 4 members (excludes halogenated alkanes) is 2. The average Bonchev–Trinajstić information content (AvgIpc) is 2.43. The highest BCUT2D eigenvalue weighted by molar-refractivity contribution is 7.92. The van der Waals surface area contributed by atoms with E-state index in [9.17, 15) is 13.2 Å². The fourth-order valence-electron chi connectivity index (χ4n) is 1.86. The maximum Gasteiger partial charge on any atom is 0.240 e. The lowest BCUT2D eigenvalue weighted by atomic mass is 10.2. The van der Waals surface area contributed by atoms with E-state index in [0.717, 1.165) is 29.8 Å². The Kier molecular flexibility index (Phi) is 7.45. The van der Waals surface area contributed by atoms with Crippen LogP contribution in [0, 0.1) is 0 Å². The van der Waals surface area contributed by atoms with Crippen molar-refractivity contribution in [3.63, 3.8) is 0 Å². The molecule has 0 spiro atoms. The topological polar surface area (TPSA) is 66.5 Å². The van der Waals surface area contributed by atoms with Crippen LogP contribution in [-0.2, 0) is 14.8 Å². The third-order valence-electron chi connectivity index (χ3n) is 2.99. The highest BCUT2D eigenvalue weighted by Crippen LogP contribution is 2.33. The van der Waals surface area contributed by atoms with Crippen molar-refractivity contribution in [3.05, 3.63) is 28.2 Å². The van der Waals surface area contributed by atoms with Gasteiger partial charge < -0.3 is 5.32 Å². The van der Waals surface area contributed by atoms with Crippen LogP contribution in [0.1, 0.15) is 26.2 Å². The predicted molar refractivity (Wildman–Crippen MR) is 91.2 cm³/mol. The van der Waals surface area contributed by atoms with Gasteiger partial charge in [-0.25, -0.2) is 8.42 Å². The summed E-state index contributed by atoms with van der Waals surface area (Å²) in [5.41, 5.74) is 0.195. The molecule has 0 saturated carbocycles. The number of anilines is 1. The smallest absolute Gasteiger partial charge is 0.240 e. The van der Waals surface area contributed by atoms with Gasteiger partial charge in [0.05, 0.1) is 22.0 Å². The molecule has 0 bridgehead atoms. The van der Waals surface area contributed by atoms with Crippen LogP contribution in [0.25, 0.3) is 0 Å². The summed E-state index contributed by atoms with van der Waals surface area (Å²) in [7, 11) is -3.66. The first-order chi connectivity index (χ1) is 10.3. The van der Waals surface area contributed by atoms with Crippen LogP contribution in [0.3, 0.4) is 0 Å². The predicted octanol–water partition coefficient (Wildman–Crippen LogP) is 3.07. The number of hydrogen-bond donors (Lipinski definition) is 1. The van der Waals surface area contributed by atoms with Gasteiger partial charge in [0, 0.05) is 6.54 Å². The summed E-state index contributed by atoms with van der Waals surface area (Å²) in [5, 5.41) is 3.04. The standard InChI is InChI=1S/C14H20Cl2N2O3S/c1-3-4-5-9-17-13(19)10-18(22(2,20)21)12-8-6-7-11(15)14(12)16/h6-8H,3-5,9-10H2,1-2H3,(H,17,19). The number of carbonyl (C=O) groups excluding carboxylic acids is 1. The zero-order valence-electron chi connectivity index (χ0n) is 12.6. The van der Waals surface area contributed by atoms with Gasteiger partial charge in [-0.15, -0.1) is 0 Å². The van der Waals surface area contributed by atoms with Crippen LogP contribution in [0.2, 0.25) is 10.0 Å². The largest absolute Gasteiger partial charge is 0.355 e. The van der Waals surface area contributed by atoms with Crippen LogP contribution in [-0.4, -0.2) is 33.7 Å². The third-order valence-corrected chi connectivity index (χ3v) is 4.93. The van der Waals surface area contributed by atoms with Gasteiger partial charge in [-0.1, -0.05) is 49.0 Å². The van der Waals surface area contributed by atoms with E-state index in [0.29, 0.717) is 6.54 Å². The molecule has 0 unspecified atom stereocenters. The number of benzene rings is 1. The van der Waals surface area contributed by atoms with E-state index in [1.165, 1.54) is 6.07 Å². The molecule has 0 aliphatic rings. The molecule has 0 aliphatic heterocycles. The molecule has 0 fully saturated rings. The number of carbonyl (C=O) groups is 1. The molecule has 0 heterocycles. The Bertz CT molecular complexity index is 621. The number of hydrogen-bond acceptors (Lipinski definition) is 3. The second kappa shape index (κ2) is 8.60. The van der Waals surface area contributed by atoms with Gasteiger partial charge in [0.25, 0.3) is 0 Å². The Morgan fingerprint density at radius 3 is 2.55 bits per heavy atom. The van der Waals surface area contributed by atoms with Crippen LogP contribution in [0.5, 0.6) is 0 Å². The Morgan fingerprint density at radius 1 is 1.27 bits per heavy atom. The molecule has 1 rings (SSSR count). The molecule has 124 valence electrons. The van der Waals surface area contributed by atoms with E-state index < -0.39 is 10.0 Å². The van der Waals surface area contributed by atoms with Gasteiger partial charge in [-0.3, -0.25) is 9.10 Å². The summed E-state index contributed by atoms with van der Waals surface area (Å²) in [5.74, 6) is -0.377. The van der Waals surface area contributed by atoms with Crippen molar-refractivity contribution in [1.82, 2.24) is 5.32 Å². The Morgan fingerprint density at radius 2 is 1.95 bits per heavy atom. The van der Waals surface area contributed by atoms with Crippen molar-refractivity contribution >= 4 is 44.8 Å². The molecule has 1 amide bonds. The molecule has 0 radical (unpaired) electrons. The minimum atomic E-state index is -3.66. The SMILES string of the molecule is CCCCCNC(=O)CN(c1cccc(Cl)c1Cl)S(C)(=O)=O. The minimum Gasteiger partial charge on any atom is -0.355 e. The fourth-order valence-corrected chi connectivity index (χ4v) is 3.16. The number of nitrogens with one attached hydrogen (secondary N) is 1. The first-order valence-corrected chi connectivity index (χ1v) is 9.56. The highest BCUT2D eigenvalue weighted by Gasteiger charge is 2.23. The molecular formula is C14H20Cl2N2O3S. The lowest BCUT2D eigenvalue weighted by molar-refractivity contribution is -0.119. The summed E-state index contributed by atoms with van der Waals surface area (Å²) >= 11 is 12.0. The van der Waals surface area contributed by atoms with Crippen molar-refractivity contribution < 1.29 is 13.2 Å².